The molecule has 0 saturated heterocycles. The second-order valence-electron chi connectivity index (χ2n) is 6.13. The minimum Gasteiger partial charge on any atom is -0.376 e. The number of benzene rings is 2. The number of anilines is 2. The van der Waals surface area contributed by atoms with Gasteiger partial charge in [0.1, 0.15) is 0 Å². The molecule has 0 heterocycles. The third-order valence-electron chi connectivity index (χ3n) is 4.13. The van der Waals surface area contributed by atoms with E-state index in [1.165, 1.54) is 16.4 Å². The number of nitrogens with zero attached hydrogens (tertiary/aromatic N) is 2. The molecule has 0 aromatic heterocycles. The van der Waals surface area contributed by atoms with Crippen molar-refractivity contribution in [2.75, 3.05) is 37.4 Å². The van der Waals surface area contributed by atoms with E-state index in [9.17, 15) is 13.2 Å². The van der Waals surface area contributed by atoms with Gasteiger partial charge >= 0.3 is 0 Å². The highest BCUT2D eigenvalue weighted by molar-refractivity contribution is 7.89. The van der Waals surface area contributed by atoms with E-state index in [-0.39, 0.29) is 10.5 Å². The van der Waals surface area contributed by atoms with Crippen molar-refractivity contribution in [2.45, 2.75) is 18.7 Å². The number of carbonyl (C=O) groups excluding carboxylic acids is 1. The fraction of sp³-hybridized carbons (Fsp3) is 0.316. The van der Waals surface area contributed by atoms with Crippen LogP contribution in [0, 0.1) is 0 Å². The largest absolute Gasteiger partial charge is 0.376 e. The number of hydrogen-bond acceptors (Lipinski definition) is 4. The van der Waals surface area contributed by atoms with Crippen LogP contribution >= 0.6 is 11.6 Å². The highest BCUT2D eigenvalue weighted by Crippen LogP contribution is 2.28. The molecule has 0 aliphatic rings. The number of nitrogens with one attached hydrogen (secondary N) is 1. The van der Waals surface area contributed by atoms with Crippen LogP contribution in [-0.2, 0) is 10.0 Å². The molecule has 27 heavy (non-hydrogen) atoms. The van der Waals surface area contributed by atoms with Gasteiger partial charge in [-0.05, 0) is 36.4 Å². The van der Waals surface area contributed by atoms with Gasteiger partial charge in [0.05, 0.1) is 16.3 Å². The van der Waals surface area contributed by atoms with Gasteiger partial charge in [-0.2, -0.15) is 4.31 Å². The van der Waals surface area contributed by atoms with Crippen molar-refractivity contribution in [1.29, 1.82) is 0 Å². The summed E-state index contributed by atoms with van der Waals surface area (Å²) < 4.78 is 26.7. The van der Waals surface area contributed by atoms with Gasteiger partial charge in [-0.25, -0.2) is 8.42 Å². The summed E-state index contributed by atoms with van der Waals surface area (Å²) in [5.41, 5.74) is 1.60. The van der Waals surface area contributed by atoms with E-state index < -0.39 is 15.9 Å². The molecule has 146 valence electrons. The second kappa shape index (κ2) is 8.73. The number of amides is 1. The molecular formula is C19H24ClN3O3S. The summed E-state index contributed by atoms with van der Waals surface area (Å²) in [5.74, 6) is -0.406. The maximum atomic E-state index is 12.7. The Bertz CT molecular complexity index is 926. The van der Waals surface area contributed by atoms with Crippen molar-refractivity contribution >= 4 is 38.9 Å². The third kappa shape index (κ3) is 4.80. The predicted molar refractivity (Wildman–Crippen MR) is 110 cm³/mol. The first kappa shape index (κ1) is 21.2. The standard InChI is InChI=1S/C19H24ClN3O3S/c1-5-23(6-2)27(25,26)16-9-7-8-14(12-16)19(24)21-17-13-15(20)10-11-18(17)22(3)4/h7-13H,5-6H2,1-4H3,(H,21,24). The summed E-state index contributed by atoms with van der Waals surface area (Å²) in [6.45, 7) is 4.28. The second-order valence-corrected chi connectivity index (χ2v) is 8.50. The summed E-state index contributed by atoms with van der Waals surface area (Å²) in [6.07, 6.45) is 0. The van der Waals surface area contributed by atoms with Gasteiger partial charge in [-0.1, -0.05) is 31.5 Å². The van der Waals surface area contributed by atoms with Crippen molar-refractivity contribution < 1.29 is 13.2 Å². The summed E-state index contributed by atoms with van der Waals surface area (Å²) in [4.78, 5) is 14.7. The van der Waals surface area contributed by atoms with Crippen molar-refractivity contribution in [3.05, 3.63) is 53.1 Å². The van der Waals surface area contributed by atoms with Gasteiger partial charge in [-0.15, -0.1) is 0 Å². The minimum absolute atomic E-state index is 0.0952. The Hall–Kier alpha value is -2.09. The fourth-order valence-corrected chi connectivity index (χ4v) is 4.38. The van der Waals surface area contributed by atoms with Crippen molar-refractivity contribution in [2.24, 2.45) is 0 Å². The van der Waals surface area contributed by atoms with Crippen LogP contribution in [-0.4, -0.2) is 45.8 Å². The third-order valence-corrected chi connectivity index (χ3v) is 6.41. The van der Waals surface area contributed by atoms with Crippen LogP contribution in [0.3, 0.4) is 0 Å². The van der Waals surface area contributed by atoms with Gasteiger partial charge in [-0.3, -0.25) is 4.79 Å². The van der Waals surface area contributed by atoms with Crippen LogP contribution in [0.5, 0.6) is 0 Å². The van der Waals surface area contributed by atoms with Crippen molar-refractivity contribution in [3.8, 4) is 0 Å². The van der Waals surface area contributed by atoms with E-state index in [4.69, 9.17) is 11.6 Å². The smallest absolute Gasteiger partial charge is 0.255 e. The zero-order valence-electron chi connectivity index (χ0n) is 15.9. The molecule has 2 aromatic rings. The van der Waals surface area contributed by atoms with Crippen molar-refractivity contribution in [3.63, 3.8) is 0 Å². The lowest BCUT2D eigenvalue weighted by atomic mass is 10.2. The molecular weight excluding hydrogens is 386 g/mol. The number of rotatable bonds is 7. The first-order chi connectivity index (χ1) is 12.7. The predicted octanol–water partition coefficient (Wildman–Crippen LogP) is 3.69. The average molecular weight is 410 g/mol. The van der Waals surface area contributed by atoms with E-state index >= 15 is 0 Å². The molecule has 8 heteroatoms. The highest BCUT2D eigenvalue weighted by atomic mass is 35.5. The minimum atomic E-state index is -3.63. The molecule has 1 amide bonds. The lowest BCUT2D eigenvalue weighted by Crippen LogP contribution is -2.30. The van der Waals surface area contributed by atoms with E-state index in [0.717, 1.165) is 5.69 Å². The number of carbonyl (C=O) groups is 1. The number of sulfonamides is 1. The maximum Gasteiger partial charge on any atom is 0.255 e. The topological polar surface area (TPSA) is 69.7 Å². The Balaban J connectivity index is 2.36. The molecule has 0 aliphatic carbocycles. The van der Waals surface area contributed by atoms with Crippen LogP contribution < -0.4 is 10.2 Å². The van der Waals surface area contributed by atoms with Crippen LogP contribution in [0.1, 0.15) is 24.2 Å². The lowest BCUT2D eigenvalue weighted by molar-refractivity contribution is 0.102. The van der Waals surface area contributed by atoms with E-state index in [0.29, 0.717) is 23.8 Å². The molecule has 2 rings (SSSR count). The molecule has 0 fully saturated rings. The SMILES string of the molecule is CCN(CC)S(=O)(=O)c1cccc(C(=O)Nc2cc(Cl)ccc2N(C)C)c1. The molecule has 0 spiro atoms. The molecule has 0 radical (unpaired) electrons. The Morgan fingerprint density at radius 3 is 2.33 bits per heavy atom. The van der Waals surface area contributed by atoms with Crippen LogP contribution in [0.15, 0.2) is 47.4 Å². The van der Waals surface area contributed by atoms with Gasteiger partial charge in [0, 0.05) is 37.8 Å². The van der Waals surface area contributed by atoms with Crippen molar-refractivity contribution in [1.82, 2.24) is 4.31 Å². The molecule has 0 atom stereocenters. The zero-order valence-corrected chi connectivity index (χ0v) is 17.4. The van der Waals surface area contributed by atoms with Crippen LogP contribution in [0.2, 0.25) is 5.02 Å². The molecule has 6 nitrogen and oxygen atoms in total. The van der Waals surface area contributed by atoms with Gasteiger partial charge in [0.25, 0.3) is 5.91 Å². The lowest BCUT2D eigenvalue weighted by Gasteiger charge is -2.19. The first-order valence-corrected chi connectivity index (χ1v) is 10.4. The van der Waals surface area contributed by atoms with E-state index in [2.05, 4.69) is 5.32 Å². The monoisotopic (exact) mass is 409 g/mol. The summed E-state index contributed by atoms with van der Waals surface area (Å²) in [6, 6.07) is 11.2. The first-order valence-electron chi connectivity index (χ1n) is 8.59. The van der Waals surface area contributed by atoms with Crippen LogP contribution in [0.4, 0.5) is 11.4 Å². The normalized spacial score (nSPS) is 11.5. The molecule has 1 N–H and O–H groups in total. The Morgan fingerprint density at radius 2 is 1.74 bits per heavy atom. The Kier molecular flexibility index (Phi) is 6.86. The van der Waals surface area contributed by atoms with Crippen LogP contribution in [0.25, 0.3) is 0 Å². The van der Waals surface area contributed by atoms with E-state index in [1.807, 2.05) is 19.0 Å². The molecule has 0 aliphatic heterocycles. The molecule has 0 unspecified atom stereocenters. The Morgan fingerprint density at radius 1 is 1.07 bits per heavy atom. The average Bonchev–Trinajstić information content (AvgIpc) is 2.62. The Labute approximate surface area is 165 Å². The molecule has 2 aromatic carbocycles. The summed E-state index contributed by atoms with van der Waals surface area (Å²) >= 11 is 6.05. The van der Waals surface area contributed by atoms with Gasteiger partial charge in [0.15, 0.2) is 0 Å². The van der Waals surface area contributed by atoms with E-state index in [1.54, 1.807) is 44.2 Å². The van der Waals surface area contributed by atoms with Gasteiger partial charge in [0.2, 0.25) is 10.0 Å². The van der Waals surface area contributed by atoms with Gasteiger partial charge < -0.3 is 10.2 Å². The molecule has 0 bridgehead atoms. The highest BCUT2D eigenvalue weighted by Gasteiger charge is 2.22. The quantitative estimate of drug-likeness (QED) is 0.757. The summed E-state index contributed by atoms with van der Waals surface area (Å²) in [5, 5.41) is 3.31. The molecule has 0 saturated carbocycles. The summed E-state index contributed by atoms with van der Waals surface area (Å²) in [7, 11) is 0.0802. The number of hydrogen-bond donors (Lipinski definition) is 1. The zero-order chi connectivity index (χ0) is 20.2. The number of halogens is 1. The maximum absolute atomic E-state index is 12.7. The fourth-order valence-electron chi connectivity index (χ4n) is 2.70.